The molecule has 0 unspecified atom stereocenters. The zero-order chi connectivity index (χ0) is 19.8. The van der Waals surface area contributed by atoms with E-state index in [2.05, 4.69) is 0 Å². The average Bonchev–Trinajstić information content (AvgIpc) is 2.67. The van der Waals surface area contributed by atoms with Gasteiger partial charge in [-0.15, -0.1) is 0 Å². The van der Waals surface area contributed by atoms with Gasteiger partial charge in [-0.1, -0.05) is 17.2 Å². The van der Waals surface area contributed by atoms with Crippen LogP contribution in [0.2, 0.25) is 0 Å². The molecule has 27 heavy (non-hydrogen) atoms. The SMILES string of the molecule is COc1cc2ccc(=O)oc2c(OC)c1OCC=C(C)CCC=C(C)CO. The van der Waals surface area contributed by atoms with Crippen LogP contribution in [0.4, 0.5) is 0 Å². The van der Waals surface area contributed by atoms with Gasteiger partial charge in [0.2, 0.25) is 11.5 Å². The van der Waals surface area contributed by atoms with Crippen LogP contribution in [0.15, 0.2) is 50.7 Å². The minimum Gasteiger partial charge on any atom is -0.493 e. The van der Waals surface area contributed by atoms with E-state index in [0.717, 1.165) is 18.4 Å². The summed E-state index contributed by atoms with van der Waals surface area (Å²) >= 11 is 0. The van der Waals surface area contributed by atoms with Crippen LogP contribution >= 0.6 is 0 Å². The largest absolute Gasteiger partial charge is 0.493 e. The van der Waals surface area contributed by atoms with Crippen LogP contribution in [0.25, 0.3) is 11.0 Å². The third-order valence-electron chi connectivity index (χ3n) is 4.15. The minimum atomic E-state index is -0.459. The summed E-state index contributed by atoms with van der Waals surface area (Å²) in [4.78, 5) is 11.6. The fourth-order valence-corrected chi connectivity index (χ4v) is 2.59. The Labute approximate surface area is 158 Å². The van der Waals surface area contributed by atoms with Crippen LogP contribution < -0.4 is 19.8 Å². The molecule has 0 bridgehead atoms. The molecule has 0 aliphatic carbocycles. The molecule has 0 spiro atoms. The quantitative estimate of drug-likeness (QED) is 0.530. The molecule has 2 aromatic rings. The van der Waals surface area contributed by atoms with E-state index in [1.807, 2.05) is 26.0 Å². The Morgan fingerprint density at radius 1 is 1.11 bits per heavy atom. The smallest absolute Gasteiger partial charge is 0.336 e. The van der Waals surface area contributed by atoms with Crippen LogP contribution in [-0.2, 0) is 0 Å². The van der Waals surface area contributed by atoms with E-state index in [-0.39, 0.29) is 6.61 Å². The topological polar surface area (TPSA) is 78.1 Å². The molecule has 0 aliphatic rings. The number of hydrogen-bond donors (Lipinski definition) is 1. The van der Waals surface area contributed by atoms with Gasteiger partial charge in [0.15, 0.2) is 11.3 Å². The summed E-state index contributed by atoms with van der Waals surface area (Å²) in [6.45, 7) is 4.34. The van der Waals surface area contributed by atoms with Crippen molar-refractivity contribution in [3.63, 3.8) is 0 Å². The molecule has 2 rings (SSSR count). The molecule has 1 heterocycles. The Hall–Kier alpha value is -2.73. The molecular formula is C21H26O6. The first-order valence-corrected chi connectivity index (χ1v) is 8.74. The Morgan fingerprint density at radius 3 is 2.56 bits per heavy atom. The van der Waals surface area contributed by atoms with Gasteiger partial charge in [-0.2, -0.15) is 0 Å². The molecule has 0 atom stereocenters. The fraction of sp³-hybridized carbons (Fsp3) is 0.381. The summed E-state index contributed by atoms with van der Waals surface area (Å²) in [7, 11) is 3.04. The second-order valence-corrected chi connectivity index (χ2v) is 6.22. The molecular weight excluding hydrogens is 348 g/mol. The predicted octanol–water partition coefficient (Wildman–Crippen LogP) is 3.85. The van der Waals surface area contributed by atoms with E-state index in [1.165, 1.54) is 18.7 Å². The van der Waals surface area contributed by atoms with Gasteiger partial charge >= 0.3 is 5.63 Å². The van der Waals surface area contributed by atoms with Crippen molar-refractivity contribution in [1.29, 1.82) is 0 Å². The van der Waals surface area contributed by atoms with Crippen LogP contribution in [0.1, 0.15) is 26.7 Å². The van der Waals surface area contributed by atoms with Gasteiger partial charge in [0.25, 0.3) is 0 Å². The normalized spacial score (nSPS) is 12.3. The number of fused-ring (bicyclic) bond motifs is 1. The third-order valence-corrected chi connectivity index (χ3v) is 4.15. The van der Waals surface area contributed by atoms with Gasteiger partial charge in [0.1, 0.15) is 6.61 Å². The number of methoxy groups -OCH3 is 2. The molecule has 0 saturated heterocycles. The maximum absolute atomic E-state index is 11.6. The molecule has 1 aromatic carbocycles. The van der Waals surface area contributed by atoms with E-state index in [1.54, 1.807) is 19.2 Å². The molecule has 0 amide bonds. The highest BCUT2D eigenvalue weighted by Crippen LogP contribution is 2.43. The van der Waals surface area contributed by atoms with Crippen LogP contribution in [0.5, 0.6) is 17.2 Å². The Bertz CT molecular complexity index is 891. The van der Waals surface area contributed by atoms with E-state index in [0.29, 0.717) is 34.8 Å². The van der Waals surface area contributed by atoms with E-state index < -0.39 is 5.63 Å². The maximum atomic E-state index is 11.6. The highest BCUT2D eigenvalue weighted by Gasteiger charge is 2.18. The summed E-state index contributed by atoms with van der Waals surface area (Å²) in [6.07, 6.45) is 5.74. The van der Waals surface area contributed by atoms with Crippen LogP contribution in [-0.4, -0.2) is 32.5 Å². The summed E-state index contributed by atoms with van der Waals surface area (Å²) in [5.41, 5.74) is 2.00. The Balaban J connectivity index is 2.20. The first kappa shape index (κ1) is 20.6. The van der Waals surface area contributed by atoms with Crippen molar-refractivity contribution in [3.8, 4) is 17.2 Å². The highest BCUT2D eigenvalue weighted by atomic mass is 16.5. The standard InChI is InChI=1S/C21H26O6/c1-14(6-5-7-15(2)13-22)10-11-26-20-17(24-3)12-16-8-9-18(23)27-19(16)21(20)25-4/h7-10,12,22H,5-6,11,13H2,1-4H3. The molecule has 1 N–H and O–H groups in total. The van der Waals surface area contributed by atoms with Crippen LogP contribution in [0.3, 0.4) is 0 Å². The van der Waals surface area contributed by atoms with Crippen molar-refractivity contribution in [1.82, 2.24) is 0 Å². The van der Waals surface area contributed by atoms with Crippen molar-refractivity contribution in [2.75, 3.05) is 27.4 Å². The lowest BCUT2D eigenvalue weighted by molar-refractivity contribution is 0.299. The molecule has 0 radical (unpaired) electrons. The van der Waals surface area contributed by atoms with Crippen molar-refractivity contribution < 1.29 is 23.7 Å². The van der Waals surface area contributed by atoms with Crippen molar-refractivity contribution in [2.45, 2.75) is 26.7 Å². The first-order chi connectivity index (χ1) is 13.0. The predicted molar refractivity (Wildman–Crippen MR) is 105 cm³/mol. The van der Waals surface area contributed by atoms with E-state index >= 15 is 0 Å². The number of rotatable bonds is 9. The van der Waals surface area contributed by atoms with Crippen LogP contribution in [0, 0.1) is 0 Å². The number of aliphatic hydroxyl groups excluding tert-OH is 1. The molecule has 6 heteroatoms. The van der Waals surface area contributed by atoms with Crippen molar-refractivity contribution >= 4 is 11.0 Å². The van der Waals surface area contributed by atoms with E-state index in [9.17, 15) is 4.79 Å². The fourth-order valence-electron chi connectivity index (χ4n) is 2.59. The monoisotopic (exact) mass is 374 g/mol. The molecule has 1 aromatic heterocycles. The summed E-state index contributed by atoms with van der Waals surface area (Å²) in [5, 5.41) is 9.69. The minimum absolute atomic E-state index is 0.0869. The lowest BCUT2D eigenvalue weighted by Gasteiger charge is -2.15. The number of hydrogen-bond acceptors (Lipinski definition) is 6. The molecule has 0 fully saturated rings. The lowest BCUT2D eigenvalue weighted by Crippen LogP contribution is -2.02. The first-order valence-electron chi connectivity index (χ1n) is 8.74. The summed E-state index contributed by atoms with van der Waals surface area (Å²) < 4.78 is 22.0. The number of ether oxygens (including phenoxy) is 3. The van der Waals surface area contributed by atoms with Gasteiger partial charge < -0.3 is 23.7 Å². The summed E-state index contributed by atoms with van der Waals surface area (Å²) in [6, 6.07) is 4.75. The zero-order valence-corrected chi connectivity index (χ0v) is 16.2. The van der Waals surface area contributed by atoms with E-state index in [4.69, 9.17) is 23.7 Å². The second-order valence-electron chi connectivity index (χ2n) is 6.22. The Morgan fingerprint density at radius 2 is 1.89 bits per heavy atom. The lowest BCUT2D eigenvalue weighted by atomic mass is 10.1. The Kier molecular flexibility index (Phi) is 7.49. The van der Waals surface area contributed by atoms with Crippen molar-refractivity contribution in [2.24, 2.45) is 0 Å². The average molecular weight is 374 g/mol. The zero-order valence-electron chi connectivity index (χ0n) is 16.2. The maximum Gasteiger partial charge on any atom is 0.336 e. The van der Waals surface area contributed by atoms with Gasteiger partial charge in [0, 0.05) is 11.5 Å². The number of allylic oxidation sites excluding steroid dienone is 2. The van der Waals surface area contributed by atoms with Gasteiger partial charge in [-0.25, -0.2) is 4.79 Å². The highest BCUT2D eigenvalue weighted by molar-refractivity contribution is 5.88. The third kappa shape index (κ3) is 5.37. The van der Waals surface area contributed by atoms with Crippen molar-refractivity contribution in [3.05, 3.63) is 51.9 Å². The molecule has 0 aliphatic heterocycles. The number of benzene rings is 1. The van der Waals surface area contributed by atoms with Gasteiger partial charge in [-0.05, 0) is 44.9 Å². The second kappa shape index (κ2) is 9.83. The molecule has 146 valence electrons. The summed E-state index contributed by atoms with van der Waals surface area (Å²) in [5.74, 6) is 1.22. The molecule has 0 saturated carbocycles. The molecule has 6 nitrogen and oxygen atoms in total. The van der Waals surface area contributed by atoms with Gasteiger partial charge in [-0.3, -0.25) is 0 Å². The number of aliphatic hydroxyl groups is 1. The van der Waals surface area contributed by atoms with Gasteiger partial charge in [0.05, 0.1) is 20.8 Å².